The molecule has 0 bridgehead atoms. The van der Waals surface area contributed by atoms with E-state index in [-0.39, 0.29) is 5.82 Å². The third-order valence-corrected chi connectivity index (χ3v) is 6.91. The van der Waals surface area contributed by atoms with Gasteiger partial charge in [-0.15, -0.1) is 0 Å². The zero-order valence-electron chi connectivity index (χ0n) is 18.4. The van der Waals surface area contributed by atoms with Gasteiger partial charge in [0, 0.05) is 48.3 Å². The first-order chi connectivity index (χ1) is 15.1. The molecule has 2 unspecified atom stereocenters. The first-order valence-corrected chi connectivity index (χ1v) is 11.5. The fourth-order valence-electron chi connectivity index (χ4n) is 5.53. The predicted octanol–water partition coefficient (Wildman–Crippen LogP) is 6.47. The number of benzene rings is 1. The van der Waals surface area contributed by atoms with Gasteiger partial charge in [-0.05, 0) is 85.2 Å². The van der Waals surface area contributed by atoms with Gasteiger partial charge in [-0.25, -0.2) is 4.39 Å². The molecule has 2 atom stereocenters. The molecule has 0 aliphatic carbocycles. The smallest absolute Gasteiger partial charge is 0.123 e. The molecule has 4 heterocycles. The van der Waals surface area contributed by atoms with E-state index in [4.69, 9.17) is 0 Å². The van der Waals surface area contributed by atoms with E-state index in [1.54, 1.807) is 0 Å². The summed E-state index contributed by atoms with van der Waals surface area (Å²) in [5.41, 5.74) is 8.33. The number of nitrogens with one attached hydrogen (secondary N) is 1. The maximum absolute atomic E-state index is 13.6. The molecule has 3 aromatic rings. The summed E-state index contributed by atoms with van der Waals surface area (Å²) in [5, 5.41) is 0. The minimum atomic E-state index is -0.212. The zero-order chi connectivity index (χ0) is 21.4. The van der Waals surface area contributed by atoms with Gasteiger partial charge in [0.1, 0.15) is 5.82 Å². The first kappa shape index (κ1) is 20.2. The average molecular weight is 416 g/mol. The summed E-state index contributed by atoms with van der Waals surface area (Å²) in [4.78, 5) is 10.5. The largest absolute Gasteiger partial charge is 0.358 e. The highest BCUT2D eigenvalue weighted by Gasteiger charge is 2.34. The highest BCUT2D eigenvalue weighted by atomic mass is 19.1. The van der Waals surface area contributed by atoms with E-state index in [9.17, 15) is 4.39 Å². The number of nitrogens with zero attached hydrogens (tertiary/aromatic N) is 2. The molecular formula is C27H30FN3. The highest BCUT2D eigenvalue weighted by molar-refractivity contribution is 5.92. The molecule has 1 N–H and O–H groups in total. The van der Waals surface area contributed by atoms with Crippen molar-refractivity contribution in [3.05, 3.63) is 71.9 Å². The maximum atomic E-state index is 13.6. The Morgan fingerprint density at radius 2 is 1.84 bits per heavy atom. The maximum Gasteiger partial charge on any atom is 0.123 e. The quantitative estimate of drug-likeness (QED) is 0.518. The normalized spacial score (nSPS) is 21.2. The van der Waals surface area contributed by atoms with E-state index in [0.29, 0.717) is 6.04 Å². The lowest BCUT2D eigenvalue weighted by Gasteiger charge is -2.29. The number of aromatic nitrogens is 2. The van der Waals surface area contributed by atoms with Gasteiger partial charge in [0.2, 0.25) is 0 Å². The van der Waals surface area contributed by atoms with Crippen LogP contribution in [-0.4, -0.2) is 34.0 Å². The predicted molar refractivity (Wildman–Crippen MR) is 125 cm³/mol. The number of pyridine rings is 1. The van der Waals surface area contributed by atoms with Crippen LogP contribution in [-0.2, 0) is 0 Å². The number of aromatic amines is 1. The molecule has 3 nitrogen and oxygen atoms in total. The summed E-state index contributed by atoms with van der Waals surface area (Å²) >= 11 is 0. The Morgan fingerprint density at radius 3 is 2.58 bits per heavy atom. The molecular weight excluding hydrogens is 385 g/mol. The SMILES string of the molecule is CCCC1CC2C=C(c3c(C)[nH]c(-c4ccc(F)cc4)c3-c3ccncc3)CCN2C1. The average Bonchev–Trinajstić information content (AvgIpc) is 3.34. The molecule has 2 aliphatic rings. The number of H-pyrrole nitrogens is 1. The highest BCUT2D eigenvalue weighted by Crippen LogP contribution is 2.43. The van der Waals surface area contributed by atoms with Crippen LogP contribution in [0.5, 0.6) is 0 Å². The van der Waals surface area contributed by atoms with Gasteiger partial charge >= 0.3 is 0 Å². The molecule has 1 fully saturated rings. The zero-order valence-corrected chi connectivity index (χ0v) is 18.4. The summed E-state index contributed by atoms with van der Waals surface area (Å²) in [6.07, 6.45) is 11.2. The summed E-state index contributed by atoms with van der Waals surface area (Å²) in [6.45, 7) is 6.82. The van der Waals surface area contributed by atoms with E-state index < -0.39 is 0 Å². The molecule has 4 heteroatoms. The van der Waals surface area contributed by atoms with Gasteiger partial charge < -0.3 is 4.98 Å². The summed E-state index contributed by atoms with van der Waals surface area (Å²) in [5.74, 6) is 0.614. The fraction of sp³-hybridized carbons (Fsp3) is 0.370. The molecule has 2 aliphatic heterocycles. The standard InChI is InChI=1S/C27H30FN3/c1-3-4-19-15-24-16-22(11-14-31(24)17-19)25-18(2)30-27(21-5-7-23(28)8-6-21)26(25)20-9-12-29-13-10-20/h5-10,12-13,16,19,24,30H,3-4,11,14-15,17H2,1-2H3. The minimum Gasteiger partial charge on any atom is -0.358 e. The molecule has 160 valence electrons. The second kappa shape index (κ2) is 8.43. The van der Waals surface area contributed by atoms with Crippen molar-refractivity contribution in [2.24, 2.45) is 5.92 Å². The minimum absolute atomic E-state index is 0.212. The molecule has 0 saturated carbocycles. The van der Waals surface area contributed by atoms with E-state index in [2.05, 4.69) is 46.9 Å². The molecule has 0 radical (unpaired) electrons. The van der Waals surface area contributed by atoms with Gasteiger partial charge in [-0.2, -0.15) is 0 Å². The molecule has 1 aromatic carbocycles. The first-order valence-electron chi connectivity index (χ1n) is 11.5. The lowest BCUT2D eigenvalue weighted by atomic mass is 9.89. The van der Waals surface area contributed by atoms with Gasteiger partial charge in [0.05, 0.1) is 5.69 Å². The van der Waals surface area contributed by atoms with E-state index >= 15 is 0 Å². The second-order valence-corrected chi connectivity index (χ2v) is 9.01. The summed E-state index contributed by atoms with van der Waals surface area (Å²) < 4.78 is 13.6. The Morgan fingerprint density at radius 1 is 1.06 bits per heavy atom. The molecule has 2 aromatic heterocycles. The summed E-state index contributed by atoms with van der Waals surface area (Å²) in [6, 6.07) is 11.5. The van der Waals surface area contributed by atoms with E-state index in [1.807, 2.05) is 24.5 Å². The number of halogens is 1. The van der Waals surface area contributed by atoms with Crippen molar-refractivity contribution in [2.45, 2.75) is 45.6 Å². The Hall–Kier alpha value is -2.72. The fourth-order valence-corrected chi connectivity index (χ4v) is 5.53. The second-order valence-electron chi connectivity index (χ2n) is 9.01. The topological polar surface area (TPSA) is 31.9 Å². The van der Waals surface area contributed by atoms with Crippen molar-refractivity contribution in [1.82, 2.24) is 14.9 Å². The third kappa shape index (κ3) is 3.85. The summed E-state index contributed by atoms with van der Waals surface area (Å²) in [7, 11) is 0. The van der Waals surface area contributed by atoms with Crippen molar-refractivity contribution in [1.29, 1.82) is 0 Å². The van der Waals surface area contributed by atoms with Crippen LogP contribution in [0.25, 0.3) is 28.0 Å². The number of hydrogen-bond donors (Lipinski definition) is 1. The molecule has 5 rings (SSSR count). The van der Waals surface area contributed by atoms with Crippen LogP contribution in [0.4, 0.5) is 4.39 Å². The molecule has 0 spiro atoms. The molecule has 0 amide bonds. The monoisotopic (exact) mass is 415 g/mol. The van der Waals surface area contributed by atoms with E-state index in [0.717, 1.165) is 35.7 Å². The number of rotatable bonds is 5. The van der Waals surface area contributed by atoms with Crippen LogP contribution in [0.1, 0.15) is 43.9 Å². The lowest BCUT2D eigenvalue weighted by molar-refractivity contribution is 0.280. The van der Waals surface area contributed by atoms with Crippen LogP contribution < -0.4 is 0 Å². The van der Waals surface area contributed by atoms with Crippen molar-refractivity contribution in [2.75, 3.05) is 13.1 Å². The Labute approximate surface area is 184 Å². The lowest BCUT2D eigenvalue weighted by Crippen LogP contribution is -2.32. The van der Waals surface area contributed by atoms with Gasteiger partial charge in [0.15, 0.2) is 0 Å². The van der Waals surface area contributed by atoms with Gasteiger partial charge in [-0.1, -0.05) is 19.4 Å². The van der Waals surface area contributed by atoms with Crippen LogP contribution in [0.15, 0.2) is 54.9 Å². The Bertz CT molecular complexity index is 1080. The van der Waals surface area contributed by atoms with E-state index in [1.165, 1.54) is 60.3 Å². The third-order valence-electron chi connectivity index (χ3n) is 6.91. The van der Waals surface area contributed by atoms with Crippen molar-refractivity contribution in [3.8, 4) is 22.4 Å². The Kier molecular flexibility index (Phi) is 5.49. The number of aryl methyl sites for hydroxylation is 1. The van der Waals surface area contributed by atoms with Crippen molar-refractivity contribution in [3.63, 3.8) is 0 Å². The molecule has 31 heavy (non-hydrogen) atoms. The van der Waals surface area contributed by atoms with Crippen molar-refractivity contribution >= 4 is 5.57 Å². The van der Waals surface area contributed by atoms with Crippen LogP contribution in [0.2, 0.25) is 0 Å². The van der Waals surface area contributed by atoms with Crippen LogP contribution in [0, 0.1) is 18.7 Å². The van der Waals surface area contributed by atoms with Gasteiger partial charge in [-0.3, -0.25) is 9.88 Å². The Balaban J connectivity index is 1.61. The van der Waals surface area contributed by atoms with Crippen molar-refractivity contribution < 1.29 is 4.39 Å². The molecule has 1 saturated heterocycles. The van der Waals surface area contributed by atoms with Crippen LogP contribution in [0.3, 0.4) is 0 Å². The van der Waals surface area contributed by atoms with Gasteiger partial charge in [0.25, 0.3) is 0 Å². The number of fused-ring (bicyclic) bond motifs is 1. The van der Waals surface area contributed by atoms with Crippen LogP contribution >= 0.6 is 0 Å². The number of hydrogen-bond acceptors (Lipinski definition) is 2.